The predicted molar refractivity (Wildman–Crippen MR) is 83.9 cm³/mol. The van der Waals surface area contributed by atoms with Crippen molar-refractivity contribution in [1.29, 1.82) is 0 Å². The van der Waals surface area contributed by atoms with Crippen LogP contribution >= 0.6 is 0 Å². The largest absolute Gasteiger partial charge is 0.316 e. The van der Waals surface area contributed by atoms with Crippen LogP contribution in [0, 0.1) is 5.92 Å². The molecule has 0 aliphatic carbocycles. The normalized spacial score (nSPS) is 19.1. The maximum atomic E-state index is 12.6. The summed E-state index contributed by atoms with van der Waals surface area (Å²) in [5.74, 6) is 0.613. The Bertz CT molecular complexity index is 363. The summed E-state index contributed by atoms with van der Waals surface area (Å²) in [5.41, 5.74) is 0. The first-order valence-corrected chi connectivity index (χ1v) is 9.30. The van der Waals surface area contributed by atoms with Crippen molar-refractivity contribution in [2.24, 2.45) is 5.92 Å². The molecule has 0 amide bonds. The second-order valence-corrected chi connectivity index (χ2v) is 7.73. The minimum atomic E-state index is -3.28. The molecule has 1 rings (SSSR count). The summed E-state index contributed by atoms with van der Waals surface area (Å²) in [7, 11) is -3.28. The second kappa shape index (κ2) is 8.32. The molecular formula is C14H31N3O2S. The number of nitrogens with zero attached hydrogens (tertiary/aromatic N) is 2. The van der Waals surface area contributed by atoms with E-state index >= 15 is 0 Å². The number of hydrogen-bond donors (Lipinski definition) is 1. The molecule has 6 heteroatoms. The summed E-state index contributed by atoms with van der Waals surface area (Å²) in [5, 5.41) is 3.43. The highest BCUT2D eigenvalue weighted by Gasteiger charge is 2.33. The summed E-state index contributed by atoms with van der Waals surface area (Å²) in [6.07, 6.45) is 3.07. The first kappa shape index (κ1) is 17.9. The lowest BCUT2D eigenvalue weighted by Crippen LogP contribution is -2.50. The van der Waals surface area contributed by atoms with Gasteiger partial charge in [0.1, 0.15) is 0 Å². The monoisotopic (exact) mass is 305 g/mol. The zero-order chi connectivity index (χ0) is 15.2. The van der Waals surface area contributed by atoms with E-state index in [0.717, 1.165) is 32.4 Å². The number of nitrogens with one attached hydrogen (secondary N) is 1. The summed E-state index contributed by atoms with van der Waals surface area (Å²) in [4.78, 5) is 0. The molecule has 1 aliphatic rings. The van der Waals surface area contributed by atoms with Gasteiger partial charge in [0.25, 0.3) is 10.2 Å². The average Bonchev–Trinajstić information content (AvgIpc) is 2.39. The number of rotatable bonds is 8. The van der Waals surface area contributed by atoms with Crippen LogP contribution in [0.25, 0.3) is 0 Å². The average molecular weight is 305 g/mol. The third kappa shape index (κ3) is 4.69. The van der Waals surface area contributed by atoms with Crippen molar-refractivity contribution in [2.75, 3.05) is 32.7 Å². The zero-order valence-electron chi connectivity index (χ0n) is 13.4. The van der Waals surface area contributed by atoms with Crippen LogP contribution in [0.15, 0.2) is 0 Å². The van der Waals surface area contributed by atoms with E-state index in [-0.39, 0.29) is 6.04 Å². The van der Waals surface area contributed by atoms with Crippen molar-refractivity contribution in [1.82, 2.24) is 13.9 Å². The quantitative estimate of drug-likeness (QED) is 0.694. The molecule has 0 aromatic rings. The van der Waals surface area contributed by atoms with Crippen LogP contribution in [-0.2, 0) is 10.2 Å². The van der Waals surface area contributed by atoms with E-state index in [0.29, 0.717) is 25.6 Å². The van der Waals surface area contributed by atoms with Crippen LogP contribution in [0.1, 0.15) is 47.0 Å². The first-order valence-electron chi connectivity index (χ1n) is 7.91. The topological polar surface area (TPSA) is 52.7 Å². The first-order chi connectivity index (χ1) is 9.43. The SMILES string of the molecule is CCCNCC1CCN(S(=O)(=O)N(CC)C(C)C)CC1. The molecule has 0 atom stereocenters. The predicted octanol–water partition coefficient (Wildman–Crippen LogP) is 1.67. The van der Waals surface area contributed by atoms with Crippen molar-refractivity contribution >= 4 is 10.2 Å². The Kier molecular flexibility index (Phi) is 7.43. The van der Waals surface area contributed by atoms with E-state index in [1.807, 2.05) is 20.8 Å². The van der Waals surface area contributed by atoms with Gasteiger partial charge in [0, 0.05) is 25.7 Å². The fourth-order valence-corrected chi connectivity index (χ4v) is 4.60. The standard InChI is InChI=1S/C14H31N3O2S/c1-5-9-15-12-14-7-10-16(11-8-14)20(18,19)17(6-2)13(3)4/h13-15H,5-12H2,1-4H3. The molecule has 0 saturated carbocycles. The van der Waals surface area contributed by atoms with Crippen LogP contribution < -0.4 is 5.32 Å². The Balaban J connectivity index is 2.51. The molecule has 0 bridgehead atoms. The van der Waals surface area contributed by atoms with E-state index in [9.17, 15) is 8.42 Å². The Labute approximate surface area is 124 Å². The maximum Gasteiger partial charge on any atom is 0.282 e. The third-order valence-corrected chi connectivity index (χ3v) is 6.23. The van der Waals surface area contributed by atoms with Crippen LogP contribution in [0.2, 0.25) is 0 Å². The van der Waals surface area contributed by atoms with E-state index in [1.165, 1.54) is 0 Å². The summed E-state index contributed by atoms with van der Waals surface area (Å²) in [6.45, 7) is 11.8. The van der Waals surface area contributed by atoms with Gasteiger partial charge in [0.05, 0.1) is 0 Å². The van der Waals surface area contributed by atoms with E-state index < -0.39 is 10.2 Å². The number of piperidine rings is 1. The smallest absolute Gasteiger partial charge is 0.282 e. The van der Waals surface area contributed by atoms with Crippen molar-refractivity contribution in [3.8, 4) is 0 Å². The minimum absolute atomic E-state index is 0.0222. The lowest BCUT2D eigenvalue weighted by atomic mass is 9.98. The second-order valence-electron chi connectivity index (χ2n) is 5.85. The van der Waals surface area contributed by atoms with Gasteiger partial charge in [-0.05, 0) is 52.1 Å². The van der Waals surface area contributed by atoms with Crippen molar-refractivity contribution in [3.63, 3.8) is 0 Å². The van der Waals surface area contributed by atoms with Crippen molar-refractivity contribution in [3.05, 3.63) is 0 Å². The molecule has 0 radical (unpaired) electrons. The molecule has 1 fully saturated rings. The van der Waals surface area contributed by atoms with E-state index in [1.54, 1.807) is 8.61 Å². The summed E-state index contributed by atoms with van der Waals surface area (Å²) < 4.78 is 28.4. The highest BCUT2D eigenvalue weighted by molar-refractivity contribution is 7.86. The molecule has 1 heterocycles. The van der Waals surface area contributed by atoms with E-state index in [4.69, 9.17) is 0 Å². The number of hydrogen-bond acceptors (Lipinski definition) is 3. The van der Waals surface area contributed by atoms with Gasteiger partial charge >= 0.3 is 0 Å². The van der Waals surface area contributed by atoms with Gasteiger partial charge in [-0.25, -0.2) is 0 Å². The fraction of sp³-hybridized carbons (Fsp3) is 1.00. The maximum absolute atomic E-state index is 12.6. The lowest BCUT2D eigenvalue weighted by molar-refractivity contribution is 0.242. The van der Waals surface area contributed by atoms with Gasteiger partial charge in [-0.1, -0.05) is 13.8 Å². The highest BCUT2D eigenvalue weighted by atomic mass is 32.2. The highest BCUT2D eigenvalue weighted by Crippen LogP contribution is 2.21. The van der Waals surface area contributed by atoms with Crippen LogP contribution in [0.5, 0.6) is 0 Å². The molecule has 0 aromatic heterocycles. The minimum Gasteiger partial charge on any atom is -0.316 e. The molecule has 20 heavy (non-hydrogen) atoms. The third-order valence-electron chi connectivity index (χ3n) is 3.94. The van der Waals surface area contributed by atoms with Gasteiger partial charge in [-0.15, -0.1) is 0 Å². The van der Waals surface area contributed by atoms with Gasteiger partial charge in [-0.3, -0.25) is 0 Å². The van der Waals surface area contributed by atoms with Crippen LogP contribution in [0.4, 0.5) is 0 Å². The Morgan fingerprint density at radius 2 is 1.85 bits per heavy atom. The molecule has 1 aliphatic heterocycles. The van der Waals surface area contributed by atoms with Crippen molar-refractivity contribution < 1.29 is 8.42 Å². The van der Waals surface area contributed by atoms with Gasteiger partial charge < -0.3 is 5.32 Å². The van der Waals surface area contributed by atoms with Crippen LogP contribution in [-0.4, -0.2) is 55.8 Å². The summed E-state index contributed by atoms with van der Waals surface area (Å²) in [6, 6.07) is 0.0222. The molecular weight excluding hydrogens is 274 g/mol. The molecule has 1 saturated heterocycles. The Morgan fingerprint density at radius 1 is 1.25 bits per heavy atom. The molecule has 0 spiro atoms. The van der Waals surface area contributed by atoms with Gasteiger partial charge in [-0.2, -0.15) is 17.0 Å². The zero-order valence-corrected chi connectivity index (χ0v) is 14.2. The van der Waals surface area contributed by atoms with E-state index in [2.05, 4.69) is 12.2 Å². The molecule has 0 unspecified atom stereocenters. The molecule has 0 aromatic carbocycles. The van der Waals surface area contributed by atoms with Gasteiger partial charge in [0.2, 0.25) is 0 Å². The molecule has 5 nitrogen and oxygen atoms in total. The summed E-state index contributed by atoms with van der Waals surface area (Å²) >= 11 is 0. The fourth-order valence-electron chi connectivity index (χ4n) is 2.77. The Hall–Kier alpha value is -0.170. The lowest BCUT2D eigenvalue weighted by Gasteiger charge is -2.36. The van der Waals surface area contributed by atoms with Crippen molar-refractivity contribution in [2.45, 2.75) is 53.0 Å². The Morgan fingerprint density at radius 3 is 2.30 bits per heavy atom. The van der Waals surface area contributed by atoms with Crippen LogP contribution in [0.3, 0.4) is 0 Å². The molecule has 120 valence electrons. The van der Waals surface area contributed by atoms with Gasteiger partial charge in [0.15, 0.2) is 0 Å². The molecule has 1 N–H and O–H groups in total.